The molecule has 0 saturated carbocycles. The molecule has 1 aromatic carbocycles. The molecule has 4 nitrogen and oxygen atoms in total. The Bertz CT molecular complexity index is 537. The Morgan fingerprint density at radius 3 is 2.60 bits per heavy atom. The molecule has 0 fully saturated rings. The predicted octanol–water partition coefficient (Wildman–Crippen LogP) is 2.23. The normalized spacial score (nSPS) is 9.93. The van der Waals surface area contributed by atoms with Crippen molar-refractivity contribution < 1.29 is 4.42 Å². The maximum atomic E-state index is 8.55. The summed E-state index contributed by atoms with van der Waals surface area (Å²) in [4.78, 5) is 0. The molecule has 15 heavy (non-hydrogen) atoms. The van der Waals surface area contributed by atoms with Gasteiger partial charge in [0.15, 0.2) is 6.07 Å². The second-order valence-electron chi connectivity index (χ2n) is 3.32. The first-order valence-corrected chi connectivity index (χ1v) is 4.52. The highest BCUT2D eigenvalue weighted by molar-refractivity contribution is 5.55. The number of aromatic nitrogens is 2. The molecule has 0 unspecified atom stereocenters. The van der Waals surface area contributed by atoms with Crippen LogP contribution in [0.25, 0.3) is 11.5 Å². The minimum atomic E-state index is -0.0109. The summed E-state index contributed by atoms with van der Waals surface area (Å²) in [5.74, 6) is 0.373. The highest BCUT2D eigenvalue weighted by atomic mass is 16.4. The van der Waals surface area contributed by atoms with Crippen LogP contribution in [-0.4, -0.2) is 10.2 Å². The predicted molar refractivity (Wildman–Crippen MR) is 53.9 cm³/mol. The smallest absolute Gasteiger partial charge is 0.321 e. The van der Waals surface area contributed by atoms with Gasteiger partial charge in [-0.3, -0.25) is 0 Å². The van der Waals surface area contributed by atoms with E-state index >= 15 is 0 Å². The van der Waals surface area contributed by atoms with E-state index in [4.69, 9.17) is 9.68 Å². The molecule has 74 valence electrons. The van der Waals surface area contributed by atoms with Crippen molar-refractivity contribution in [3.63, 3.8) is 0 Å². The molecule has 0 spiro atoms. The molecule has 0 saturated heterocycles. The minimum Gasteiger partial charge on any atom is -0.408 e. The maximum absolute atomic E-state index is 8.55. The summed E-state index contributed by atoms with van der Waals surface area (Å²) in [6, 6.07) is 7.65. The van der Waals surface area contributed by atoms with Crippen molar-refractivity contribution in [2.45, 2.75) is 13.8 Å². The molecule has 1 heterocycles. The van der Waals surface area contributed by atoms with Gasteiger partial charge in [-0.2, -0.15) is 5.26 Å². The lowest BCUT2D eigenvalue weighted by Gasteiger charge is -2.00. The summed E-state index contributed by atoms with van der Waals surface area (Å²) in [6.07, 6.45) is 0. The van der Waals surface area contributed by atoms with E-state index in [-0.39, 0.29) is 5.89 Å². The van der Waals surface area contributed by atoms with Crippen molar-refractivity contribution in [1.29, 1.82) is 5.26 Å². The van der Waals surface area contributed by atoms with Crippen LogP contribution in [0.4, 0.5) is 0 Å². The van der Waals surface area contributed by atoms with Gasteiger partial charge in [0.1, 0.15) is 0 Å². The van der Waals surface area contributed by atoms with Gasteiger partial charge in [0.25, 0.3) is 0 Å². The van der Waals surface area contributed by atoms with E-state index in [0.717, 1.165) is 11.1 Å². The molecule has 0 aliphatic heterocycles. The zero-order chi connectivity index (χ0) is 10.8. The third-order valence-electron chi connectivity index (χ3n) is 2.27. The van der Waals surface area contributed by atoms with Crippen molar-refractivity contribution in [3.8, 4) is 17.5 Å². The fraction of sp³-hybridized carbons (Fsp3) is 0.182. The largest absolute Gasteiger partial charge is 0.408 e. The van der Waals surface area contributed by atoms with Crippen LogP contribution in [0, 0.1) is 25.2 Å². The van der Waals surface area contributed by atoms with Crippen LogP contribution in [0.15, 0.2) is 22.6 Å². The van der Waals surface area contributed by atoms with E-state index in [2.05, 4.69) is 10.2 Å². The van der Waals surface area contributed by atoms with Gasteiger partial charge in [-0.25, -0.2) is 0 Å². The van der Waals surface area contributed by atoms with Crippen LogP contribution in [-0.2, 0) is 0 Å². The van der Waals surface area contributed by atoms with Gasteiger partial charge in [-0.1, -0.05) is 11.2 Å². The Morgan fingerprint density at radius 1 is 1.20 bits per heavy atom. The number of hydrogen-bond acceptors (Lipinski definition) is 4. The first-order chi connectivity index (χ1) is 7.20. The van der Waals surface area contributed by atoms with Gasteiger partial charge in [0.05, 0.1) is 0 Å². The Morgan fingerprint density at radius 2 is 2.00 bits per heavy atom. The molecule has 0 aliphatic rings. The molecular formula is C11H9N3O. The summed E-state index contributed by atoms with van der Waals surface area (Å²) < 4.78 is 5.13. The summed E-state index contributed by atoms with van der Waals surface area (Å²) in [5, 5.41) is 15.9. The average Bonchev–Trinajstić information content (AvgIpc) is 2.70. The van der Waals surface area contributed by atoms with Gasteiger partial charge >= 0.3 is 5.89 Å². The van der Waals surface area contributed by atoms with Crippen LogP contribution in [0.1, 0.15) is 17.0 Å². The molecule has 4 heteroatoms. The Labute approximate surface area is 87.2 Å². The number of rotatable bonds is 1. The number of nitriles is 1. The van der Waals surface area contributed by atoms with Crippen molar-refractivity contribution in [3.05, 3.63) is 35.2 Å². The molecule has 1 aromatic heterocycles. The molecule has 0 radical (unpaired) electrons. The molecule has 2 rings (SSSR count). The Kier molecular flexibility index (Phi) is 2.22. The lowest BCUT2D eigenvalue weighted by molar-refractivity contribution is 0.553. The van der Waals surface area contributed by atoms with Crippen molar-refractivity contribution in [2.24, 2.45) is 0 Å². The van der Waals surface area contributed by atoms with E-state index in [0.29, 0.717) is 5.89 Å². The maximum Gasteiger partial charge on any atom is 0.321 e. The Hall–Kier alpha value is -2.15. The minimum absolute atomic E-state index is 0.0109. The molecule has 0 bridgehead atoms. The molecule has 2 aromatic rings. The van der Waals surface area contributed by atoms with E-state index in [9.17, 15) is 0 Å². The number of aryl methyl sites for hydroxylation is 2. The molecule has 0 aliphatic carbocycles. The van der Waals surface area contributed by atoms with Crippen LogP contribution >= 0.6 is 0 Å². The Balaban J connectivity index is 2.46. The molecule has 0 N–H and O–H groups in total. The lowest BCUT2D eigenvalue weighted by Crippen LogP contribution is -1.83. The van der Waals surface area contributed by atoms with Crippen LogP contribution in [0.3, 0.4) is 0 Å². The molecule has 0 atom stereocenters. The first kappa shape index (κ1) is 9.41. The van der Waals surface area contributed by atoms with Crippen LogP contribution in [0.2, 0.25) is 0 Å². The summed E-state index contributed by atoms with van der Waals surface area (Å²) in [5.41, 5.74) is 3.20. The third kappa shape index (κ3) is 1.72. The number of benzene rings is 1. The highest BCUT2D eigenvalue weighted by Crippen LogP contribution is 2.20. The summed E-state index contributed by atoms with van der Waals surface area (Å²) >= 11 is 0. The fourth-order valence-electron chi connectivity index (χ4n) is 1.26. The van der Waals surface area contributed by atoms with Gasteiger partial charge in [-0.15, -0.1) is 5.10 Å². The molecule has 0 amide bonds. The van der Waals surface area contributed by atoms with E-state index in [1.165, 1.54) is 5.56 Å². The van der Waals surface area contributed by atoms with Crippen LogP contribution in [0.5, 0.6) is 0 Å². The average molecular weight is 199 g/mol. The van der Waals surface area contributed by atoms with Crippen molar-refractivity contribution in [2.75, 3.05) is 0 Å². The van der Waals surface area contributed by atoms with Crippen LogP contribution < -0.4 is 0 Å². The van der Waals surface area contributed by atoms with E-state index in [1.54, 1.807) is 6.07 Å². The van der Waals surface area contributed by atoms with Gasteiger partial charge in [0.2, 0.25) is 5.89 Å². The topological polar surface area (TPSA) is 62.7 Å². The van der Waals surface area contributed by atoms with Crippen molar-refractivity contribution >= 4 is 0 Å². The third-order valence-corrected chi connectivity index (χ3v) is 2.27. The number of hydrogen-bond donors (Lipinski definition) is 0. The summed E-state index contributed by atoms with van der Waals surface area (Å²) in [7, 11) is 0. The standard InChI is InChI=1S/C11H9N3O/c1-7-3-4-9(5-8(7)2)11-14-13-10(6-12)15-11/h3-5H,1-2H3. The van der Waals surface area contributed by atoms with Gasteiger partial charge < -0.3 is 4.42 Å². The SMILES string of the molecule is Cc1ccc(-c2nnc(C#N)o2)cc1C. The van der Waals surface area contributed by atoms with E-state index in [1.807, 2.05) is 32.0 Å². The lowest BCUT2D eigenvalue weighted by atomic mass is 10.1. The zero-order valence-electron chi connectivity index (χ0n) is 8.48. The van der Waals surface area contributed by atoms with Gasteiger partial charge in [-0.05, 0) is 37.1 Å². The quantitative estimate of drug-likeness (QED) is 0.706. The second-order valence-corrected chi connectivity index (χ2v) is 3.32. The summed E-state index contributed by atoms with van der Waals surface area (Å²) in [6.45, 7) is 4.05. The highest BCUT2D eigenvalue weighted by Gasteiger charge is 2.08. The fourth-order valence-corrected chi connectivity index (χ4v) is 1.26. The number of nitrogens with zero attached hydrogens (tertiary/aromatic N) is 3. The van der Waals surface area contributed by atoms with Gasteiger partial charge in [0, 0.05) is 5.56 Å². The first-order valence-electron chi connectivity index (χ1n) is 4.52. The second kappa shape index (κ2) is 3.54. The van der Waals surface area contributed by atoms with E-state index < -0.39 is 0 Å². The monoisotopic (exact) mass is 199 g/mol. The van der Waals surface area contributed by atoms with Crippen molar-refractivity contribution in [1.82, 2.24) is 10.2 Å². The molecular weight excluding hydrogens is 190 g/mol. The zero-order valence-corrected chi connectivity index (χ0v) is 8.48.